The molecule has 0 fully saturated rings. The molecule has 0 aromatic heterocycles. The number of aromatic hydroxyl groups is 1. The summed E-state index contributed by atoms with van der Waals surface area (Å²) in [6.07, 6.45) is 0. The lowest BCUT2D eigenvalue weighted by Gasteiger charge is -2.16. The second-order valence-electron chi connectivity index (χ2n) is 3.41. The summed E-state index contributed by atoms with van der Waals surface area (Å²) in [5.41, 5.74) is 4.40. The molecular formula is C11H16N2O4S2. The third-order valence-corrected chi connectivity index (χ3v) is 2.18. The lowest BCUT2D eigenvalue weighted by Crippen LogP contribution is -2.25. The van der Waals surface area contributed by atoms with Crippen LogP contribution in [-0.4, -0.2) is 46.7 Å². The SMILES string of the molecule is COc1cccc(O)c1OC(=S)N(C)C.NC(O)=S. The van der Waals surface area contributed by atoms with Crippen molar-refractivity contribution in [2.45, 2.75) is 0 Å². The first-order chi connectivity index (χ1) is 8.79. The van der Waals surface area contributed by atoms with E-state index in [0.717, 1.165) is 0 Å². The Morgan fingerprint density at radius 2 is 1.84 bits per heavy atom. The summed E-state index contributed by atoms with van der Waals surface area (Å²) in [6, 6.07) is 4.86. The number of ether oxygens (including phenoxy) is 2. The van der Waals surface area contributed by atoms with Crippen molar-refractivity contribution in [3.63, 3.8) is 0 Å². The summed E-state index contributed by atoms with van der Waals surface area (Å²) in [5.74, 6) is 0.677. The van der Waals surface area contributed by atoms with Crippen LogP contribution in [0.15, 0.2) is 18.2 Å². The van der Waals surface area contributed by atoms with Crippen molar-refractivity contribution < 1.29 is 19.7 Å². The van der Waals surface area contributed by atoms with Crippen molar-refractivity contribution in [1.82, 2.24) is 4.90 Å². The molecule has 106 valence electrons. The van der Waals surface area contributed by atoms with E-state index >= 15 is 0 Å². The maximum atomic E-state index is 9.57. The van der Waals surface area contributed by atoms with Crippen LogP contribution in [0.4, 0.5) is 0 Å². The number of para-hydroxylation sites is 1. The monoisotopic (exact) mass is 304 g/mol. The Labute approximate surface area is 122 Å². The number of hydrogen-bond acceptors (Lipinski definition) is 5. The summed E-state index contributed by atoms with van der Waals surface area (Å²) in [7, 11) is 5.02. The van der Waals surface area contributed by atoms with E-state index in [-0.39, 0.29) is 16.7 Å². The minimum absolute atomic E-state index is 0.00134. The molecule has 0 spiro atoms. The second-order valence-corrected chi connectivity index (χ2v) is 4.18. The van der Waals surface area contributed by atoms with Gasteiger partial charge >= 0.3 is 0 Å². The van der Waals surface area contributed by atoms with Crippen LogP contribution >= 0.6 is 24.4 Å². The molecule has 0 radical (unpaired) electrons. The van der Waals surface area contributed by atoms with Gasteiger partial charge in [-0.25, -0.2) is 0 Å². The number of phenolic OH excluding ortho intramolecular Hbond substituents is 1. The Balaban J connectivity index is 0.000000711. The first kappa shape index (κ1) is 17.2. The van der Waals surface area contributed by atoms with E-state index in [1.54, 1.807) is 31.1 Å². The maximum Gasteiger partial charge on any atom is 0.264 e. The van der Waals surface area contributed by atoms with Gasteiger partial charge in [-0.05, 0) is 36.6 Å². The summed E-state index contributed by atoms with van der Waals surface area (Å²) in [5, 5.41) is 16.9. The highest BCUT2D eigenvalue weighted by Gasteiger charge is 2.12. The molecule has 0 aliphatic rings. The molecule has 0 heterocycles. The van der Waals surface area contributed by atoms with Crippen molar-refractivity contribution in [3.8, 4) is 17.2 Å². The van der Waals surface area contributed by atoms with Crippen LogP contribution in [0.5, 0.6) is 17.2 Å². The summed E-state index contributed by atoms with van der Waals surface area (Å²) in [4.78, 5) is 1.63. The Kier molecular flexibility index (Phi) is 7.54. The van der Waals surface area contributed by atoms with E-state index in [9.17, 15) is 5.11 Å². The highest BCUT2D eigenvalue weighted by atomic mass is 32.1. The van der Waals surface area contributed by atoms with E-state index in [1.807, 2.05) is 0 Å². The third-order valence-electron chi connectivity index (χ3n) is 1.73. The number of methoxy groups -OCH3 is 1. The minimum atomic E-state index is -0.500. The van der Waals surface area contributed by atoms with Crippen LogP contribution in [0, 0.1) is 0 Å². The molecule has 19 heavy (non-hydrogen) atoms. The topological polar surface area (TPSA) is 88.2 Å². The lowest BCUT2D eigenvalue weighted by molar-refractivity contribution is 0.358. The van der Waals surface area contributed by atoms with Crippen LogP contribution in [0.25, 0.3) is 0 Å². The number of nitrogens with two attached hydrogens (primary N) is 1. The zero-order chi connectivity index (χ0) is 15.0. The molecule has 8 heteroatoms. The molecule has 0 amide bonds. The van der Waals surface area contributed by atoms with E-state index < -0.39 is 5.17 Å². The maximum absolute atomic E-state index is 9.57. The van der Waals surface area contributed by atoms with Crippen LogP contribution < -0.4 is 15.2 Å². The fraction of sp³-hybridized carbons (Fsp3) is 0.273. The molecule has 0 saturated heterocycles. The number of thiocarbonyl (C=S) groups is 2. The summed E-state index contributed by atoms with van der Waals surface area (Å²) >= 11 is 8.83. The van der Waals surface area contributed by atoms with Crippen LogP contribution in [0.3, 0.4) is 0 Å². The average molecular weight is 304 g/mol. The van der Waals surface area contributed by atoms with Crippen LogP contribution in [0.1, 0.15) is 0 Å². The highest BCUT2D eigenvalue weighted by molar-refractivity contribution is 7.80. The van der Waals surface area contributed by atoms with Gasteiger partial charge < -0.3 is 30.3 Å². The lowest BCUT2D eigenvalue weighted by atomic mass is 10.3. The smallest absolute Gasteiger partial charge is 0.264 e. The van der Waals surface area contributed by atoms with Gasteiger partial charge in [-0.2, -0.15) is 0 Å². The fourth-order valence-electron chi connectivity index (χ4n) is 0.946. The van der Waals surface area contributed by atoms with Gasteiger partial charge in [0.05, 0.1) is 7.11 Å². The first-order valence-corrected chi connectivity index (χ1v) is 5.84. The van der Waals surface area contributed by atoms with Crippen molar-refractivity contribution >= 4 is 34.8 Å². The molecule has 0 aliphatic heterocycles. The second kappa shape index (κ2) is 8.33. The average Bonchev–Trinajstić information content (AvgIpc) is 2.30. The van der Waals surface area contributed by atoms with Crippen molar-refractivity contribution in [2.24, 2.45) is 5.73 Å². The standard InChI is InChI=1S/C10H13NO3S.CH3NOS/c1-11(2)10(15)14-9-7(12)5-4-6-8(9)13-3;2-1(3)4/h4-6,12H,1-3H3;(H3,2,3,4). The number of aliphatic hydroxyl groups is 1. The normalized spacial score (nSPS) is 8.79. The van der Waals surface area contributed by atoms with E-state index in [1.165, 1.54) is 13.2 Å². The van der Waals surface area contributed by atoms with E-state index in [2.05, 4.69) is 18.0 Å². The zero-order valence-corrected chi connectivity index (χ0v) is 12.4. The van der Waals surface area contributed by atoms with Crippen molar-refractivity contribution in [2.75, 3.05) is 21.2 Å². The van der Waals surface area contributed by atoms with Crippen LogP contribution in [0.2, 0.25) is 0 Å². The van der Waals surface area contributed by atoms with Gasteiger partial charge in [0.15, 0.2) is 11.5 Å². The van der Waals surface area contributed by atoms with E-state index in [4.69, 9.17) is 26.8 Å². The third kappa shape index (κ3) is 6.63. The van der Waals surface area contributed by atoms with Crippen molar-refractivity contribution in [3.05, 3.63) is 18.2 Å². The molecule has 4 N–H and O–H groups in total. The fourth-order valence-corrected chi connectivity index (χ4v) is 1.03. The largest absolute Gasteiger partial charge is 0.504 e. The molecule has 0 saturated carbocycles. The predicted molar refractivity (Wildman–Crippen MR) is 81.0 cm³/mol. The molecule has 1 rings (SSSR count). The quantitative estimate of drug-likeness (QED) is 0.707. The Hall–Kier alpha value is -1.80. The molecular weight excluding hydrogens is 288 g/mol. The van der Waals surface area contributed by atoms with Crippen molar-refractivity contribution in [1.29, 1.82) is 0 Å². The van der Waals surface area contributed by atoms with Gasteiger partial charge in [0, 0.05) is 14.1 Å². The molecule has 1 aromatic carbocycles. The number of rotatable bonds is 2. The Bertz CT molecular complexity index is 448. The number of benzene rings is 1. The van der Waals surface area contributed by atoms with Gasteiger partial charge in [-0.1, -0.05) is 6.07 Å². The molecule has 6 nitrogen and oxygen atoms in total. The number of hydrogen-bond donors (Lipinski definition) is 3. The zero-order valence-electron chi connectivity index (χ0n) is 10.8. The molecule has 0 atom stereocenters. The van der Waals surface area contributed by atoms with Gasteiger partial charge in [0.25, 0.3) is 10.3 Å². The van der Waals surface area contributed by atoms with Gasteiger partial charge in [-0.3, -0.25) is 0 Å². The number of nitrogens with zero attached hydrogens (tertiary/aromatic N) is 1. The minimum Gasteiger partial charge on any atom is -0.504 e. The first-order valence-electron chi connectivity index (χ1n) is 5.03. The van der Waals surface area contributed by atoms with Gasteiger partial charge in [-0.15, -0.1) is 0 Å². The van der Waals surface area contributed by atoms with Gasteiger partial charge in [0.2, 0.25) is 5.75 Å². The van der Waals surface area contributed by atoms with Crippen LogP contribution in [-0.2, 0) is 0 Å². The molecule has 0 unspecified atom stereocenters. The molecule has 1 aromatic rings. The number of phenols is 1. The Morgan fingerprint density at radius 3 is 2.26 bits per heavy atom. The highest BCUT2D eigenvalue weighted by Crippen LogP contribution is 2.36. The van der Waals surface area contributed by atoms with E-state index in [0.29, 0.717) is 5.75 Å². The summed E-state index contributed by atoms with van der Waals surface area (Å²) in [6.45, 7) is 0. The van der Waals surface area contributed by atoms with Gasteiger partial charge in [0.1, 0.15) is 0 Å². The predicted octanol–water partition coefficient (Wildman–Crippen LogP) is 1.41. The number of aliphatic hydroxyl groups excluding tert-OH is 1. The Morgan fingerprint density at radius 1 is 1.32 bits per heavy atom. The summed E-state index contributed by atoms with van der Waals surface area (Å²) < 4.78 is 10.4. The molecule has 0 bridgehead atoms. The molecule has 0 aliphatic carbocycles.